The first-order valence-electron chi connectivity index (χ1n) is 11.6. The van der Waals surface area contributed by atoms with E-state index in [1.165, 1.54) is 60.7 Å². The van der Waals surface area contributed by atoms with Crippen LogP contribution in [-0.2, 0) is 19.1 Å². The molecule has 3 aromatic carbocycles. The highest BCUT2D eigenvalue weighted by Gasteiger charge is 2.20. The molecule has 0 spiro atoms. The maximum Gasteiger partial charge on any atom is 0.338 e. The van der Waals surface area contributed by atoms with E-state index in [0.717, 1.165) is 0 Å². The summed E-state index contributed by atoms with van der Waals surface area (Å²) in [6, 6.07) is 16.8. The largest absolute Gasteiger partial charge is 0.462 e. The van der Waals surface area contributed by atoms with E-state index in [-0.39, 0.29) is 23.8 Å². The van der Waals surface area contributed by atoms with Crippen molar-refractivity contribution in [3.63, 3.8) is 0 Å². The minimum Gasteiger partial charge on any atom is -0.462 e. The van der Waals surface area contributed by atoms with E-state index in [1.807, 2.05) is 0 Å². The zero-order chi connectivity index (χ0) is 27.7. The molecule has 0 aromatic heterocycles. The van der Waals surface area contributed by atoms with Gasteiger partial charge in [0.15, 0.2) is 0 Å². The molecule has 2 amide bonds. The van der Waals surface area contributed by atoms with Gasteiger partial charge in [-0.2, -0.15) is 0 Å². The predicted octanol–water partition coefficient (Wildman–Crippen LogP) is 6.01. The fourth-order valence-electron chi connectivity index (χ4n) is 3.21. The number of ether oxygens (including phenoxy) is 2. The summed E-state index contributed by atoms with van der Waals surface area (Å²) in [5, 5.41) is 5.88. The van der Waals surface area contributed by atoms with Gasteiger partial charge in [-0.05, 0) is 86.2 Å². The molecule has 2 N–H and O–H groups in total. The Morgan fingerprint density at radius 2 is 1.13 bits per heavy atom. The number of halogens is 2. The molecule has 0 fully saturated rings. The van der Waals surface area contributed by atoms with Crippen molar-refractivity contribution in [1.82, 2.24) is 0 Å². The fourth-order valence-corrected chi connectivity index (χ4v) is 3.51. The summed E-state index contributed by atoms with van der Waals surface area (Å²) in [4.78, 5) is 50.1. The Bertz CT molecular complexity index is 1290. The van der Waals surface area contributed by atoms with Crippen molar-refractivity contribution < 1.29 is 28.7 Å². The Morgan fingerprint density at radius 3 is 1.53 bits per heavy atom. The van der Waals surface area contributed by atoms with Gasteiger partial charge in [-0.25, -0.2) is 9.59 Å². The molecular weight excluding hydrogens is 531 g/mol. The molecule has 0 atom stereocenters. The maximum absolute atomic E-state index is 13.2. The van der Waals surface area contributed by atoms with E-state index in [1.54, 1.807) is 26.0 Å². The number of hydrogen-bond acceptors (Lipinski definition) is 6. The van der Waals surface area contributed by atoms with Gasteiger partial charge in [0.05, 0.1) is 34.4 Å². The first-order chi connectivity index (χ1) is 18.2. The van der Waals surface area contributed by atoms with Gasteiger partial charge in [0, 0.05) is 11.4 Å². The first-order valence-corrected chi connectivity index (χ1v) is 12.3. The van der Waals surface area contributed by atoms with Gasteiger partial charge in [0.2, 0.25) is 0 Å². The second-order valence-electron chi connectivity index (χ2n) is 7.74. The summed E-state index contributed by atoms with van der Waals surface area (Å²) in [7, 11) is 0. The molecule has 0 saturated carbocycles. The molecule has 196 valence electrons. The minimum absolute atomic E-state index is 0.229. The van der Waals surface area contributed by atoms with E-state index in [4.69, 9.17) is 32.7 Å². The highest BCUT2D eigenvalue weighted by atomic mass is 35.5. The van der Waals surface area contributed by atoms with Crippen LogP contribution in [0, 0.1) is 0 Å². The third-order valence-electron chi connectivity index (χ3n) is 5.05. The fraction of sp³-hybridized carbons (Fsp3) is 0.143. The van der Waals surface area contributed by atoms with E-state index < -0.39 is 23.8 Å². The molecule has 0 bridgehead atoms. The van der Waals surface area contributed by atoms with Crippen LogP contribution in [-0.4, -0.2) is 37.0 Å². The van der Waals surface area contributed by atoms with Crippen molar-refractivity contribution in [3.05, 3.63) is 99.0 Å². The quantitative estimate of drug-likeness (QED) is 0.145. The minimum atomic E-state index is -0.708. The van der Waals surface area contributed by atoms with Gasteiger partial charge in [-0.15, -0.1) is 0 Å². The molecule has 3 aromatic rings. The van der Waals surface area contributed by atoms with Crippen LogP contribution in [0.2, 0.25) is 10.0 Å². The molecule has 0 aliphatic carbocycles. The third-order valence-corrected chi connectivity index (χ3v) is 5.79. The molecule has 0 aliphatic heterocycles. The number of amides is 2. The van der Waals surface area contributed by atoms with E-state index >= 15 is 0 Å². The Balaban J connectivity index is 1.85. The van der Waals surface area contributed by atoms with Gasteiger partial charge >= 0.3 is 11.9 Å². The van der Waals surface area contributed by atoms with Crippen LogP contribution in [0.5, 0.6) is 0 Å². The Hall–Kier alpha value is -4.14. The van der Waals surface area contributed by atoms with Crippen molar-refractivity contribution >= 4 is 64.4 Å². The Kier molecular flexibility index (Phi) is 10.0. The molecule has 0 heterocycles. The lowest BCUT2D eigenvalue weighted by molar-refractivity contribution is -0.118. The number of benzene rings is 3. The molecule has 0 unspecified atom stereocenters. The topological polar surface area (TPSA) is 111 Å². The lowest BCUT2D eigenvalue weighted by Gasteiger charge is -2.11. The van der Waals surface area contributed by atoms with Crippen molar-refractivity contribution in [3.8, 4) is 0 Å². The summed E-state index contributed by atoms with van der Waals surface area (Å²) < 4.78 is 9.92. The number of anilines is 2. The van der Waals surface area contributed by atoms with Crippen molar-refractivity contribution in [2.24, 2.45) is 0 Å². The highest BCUT2D eigenvalue weighted by Crippen LogP contribution is 2.24. The van der Waals surface area contributed by atoms with Crippen LogP contribution >= 0.6 is 23.2 Å². The van der Waals surface area contributed by atoms with Crippen molar-refractivity contribution in [2.75, 3.05) is 23.8 Å². The van der Waals surface area contributed by atoms with Crippen LogP contribution < -0.4 is 10.6 Å². The van der Waals surface area contributed by atoms with Gasteiger partial charge in [0.25, 0.3) is 11.8 Å². The van der Waals surface area contributed by atoms with Crippen LogP contribution in [0.25, 0.3) is 6.08 Å². The zero-order valence-corrected chi connectivity index (χ0v) is 22.1. The van der Waals surface area contributed by atoms with Crippen LogP contribution in [0.1, 0.15) is 40.1 Å². The number of nitrogens with one attached hydrogen (secondary N) is 2. The lowest BCUT2D eigenvalue weighted by Crippen LogP contribution is -2.25. The molecule has 8 nitrogen and oxygen atoms in total. The highest BCUT2D eigenvalue weighted by molar-refractivity contribution is 6.42. The van der Waals surface area contributed by atoms with Gasteiger partial charge in [-0.3, -0.25) is 9.59 Å². The molecule has 38 heavy (non-hydrogen) atoms. The zero-order valence-electron chi connectivity index (χ0n) is 20.5. The van der Waals surface area contributed by atoms with E-state index in [2.05, 4.69) is 10.6 Å². The second kappa shape index (κ2) is 13.4. The Labute approximate surface area is 229 Å². The Morgan fingerprint density at radius 1 is 0.684 bits per heavy atom. The van der Waals surface area contributed by atoms with Gasteiger partial charge < -0.3 is 20.1 Å². The average molecular weight is 555 g/mol. The SMILES string of the molecule is CCOC(=O)c1ccc(NC(=O)C(=Cc2ccc(Cl)c(Cl)c2)C(=O)Nc2ccc(C(=O)OCC)cc2)cc1. The third kappa shape index (κ3) is 7.68. The van der Waals surface area contributed by atoms with Crippen molar-refractivity contribution in [1.29, 1.82) is 0 Å². The molecular formula is C28H24Cl2N2O6. The van der Waals surface area contributed by atoms with Crippen molar-refractivity contribution in [2.45, 2.75) is 13.8 Å². The molecule has 0 saturated heterocycles. The summed E-state index contributed by atoms with van der Waals surface area (Å²) in [5.41, 5.74) is 1.59. The molecule has 3 rings (SSSR count). The van der Waals surface area contributed by atoms with Crippen LogP contribution in [0.15, 0.2) is 72.3 Å². The van der Waals surface area contributed by atoms with Gasteiger partial charge in [0.1, 0.15) is 5.57 Å². The summed E-state index contributed by atoms with van der Waals surface area (Å²) in [6.45, 7) is 3.88. The number of carbonyl (C=O) groups is 4. The summed E-state index contributed by atoms with van der Waals surface area (Å²) in [6.07, 6.45) is 1.37. The number of hydrogen-bond donors (Lipinski definition) is 2. The smallest absolute Gasteiger partial charge is 0.338 e. The lowest BCUT2D eigenvalue weighted by atomic mass is 10.1. The van der Waals surface area contributed by atoms with E-state index in [9.17, 15) is 19.2 Å². The monoisotopic (exact) mass is 554 g/mol. The molecule has 0 radical (unpaired) electrons. The number of rotatable bonds is 9. The maximum atomic E-state index is 13.2. The summed E-state index contributed by atoms with van der Waals surface area (Å²) in [5.74, 6) is -2.39. The summed E-state index contributed by atoms with van der Waals surface area (Å²) >= 11 is 12.1. The average Bonchev–Trinajstić information content (AvgIpc) is 2.90. The molecule has 0 aliphatic rings. The van der Waals surface area contributed by atoms with Crippen LogP contribution in [0.4, 0.5) is 11.4 Å². The van der Waals surface area contributed by atoms with Gasteiger partial charge in [-0.1, -0.05) is 29.3 Å². The van der Waals surface area contributed by atoms with E-state index in [0.29, 0.717) is 33.1 Å². The normalized spacial score (nSPS) is 10.2. The first kappa shape index (κ1) is 28.4. The standard InChI is InChI=1S/C28H24Cl2N2O6/c1-3-37-27(35)18-6-10-20(11-7-18)31-25(33)22(15-17-5-14-23(29)24(30)16-17)26(34)32-21-12-8-19(9-13-21)28(36)38-4-2/h5-16H,3-4H2,1-2H3,(H,31,33)(H,32,34). The second-order valence-corrected chi connectivity index (χ2v) is 8.55. The molecule has 10 heteroatoms. The number of esters is 2. The number of carbonyl (C=O) groups excluding carboxylic acids is 4. The van der Waals surface area contributed by atoms with Crippen LogP contribution in [0.3, 0.4) is 0 Å². The predicted molar refractivity (Wildman–Crippen MR) is 146 cm³/mol.